The van der Waals surface area contributed by atoms with E-state index in [-0.39, 0.29) is 12.3 Å². The minimum Gasteiger partial charge on any atom is -0.425 e. The molecule has 1 heterocycles. The molecular weight excluding hydrogens is 299 g/mol. The van der Waals surface area contributed by atoms with Crippen LogP contribution in [0.1, 0.15) is 11.1 Å². The monoisotopic (exact) mass is 317 g/mol. The van der Waals surface area contributed by atoms with Crippen LogP contribution >= 0.6 is 0 Å². The average molecular weight is 317 g/mol. The van der Waals surface area contributed by atoms with Crippen LogP contribution in [0.15, 0.2) is 18.2 Å². The summed E-state index contributed by atoms with van der Waals surface area (Å²) in [5.74, 6) is -0.843. The van der Waals surface area contributed by atoms with E-state index >= 15 is 0 Å². The Labute approximate surface area is 126 Å². The molecule has 2 rings (SSSR count). The van der Waals surface area contributed by atoms with E-state index in [0.29, 0.717) is 12.1 Å². The number of nitrogens with one attached hydrogen (secondary N) is 1. The molecule has 1 saturated heterocycles. The number of carbonyl (C=O) groups is 1. The van der Waals surface area contributed by atoms with Gasteiger partial charge in [-0.15, -0.1) is 0 Å². The third kappa shape index (κ3) is 4.43. The second kappa shape index (κ2) is 7.08. The number of rotatable bonds is 4. The van der Waals surface area contributed by atoms with E-state index in [4.69, 9.17) is 10.5 Å². The lowest BCUT2D eigenvalue weighted by molar-refractivity contribution is -0.138. The number of esters is 1. The zero-order valence-electron chi connectivity index (χ0n) is 11.9. The fraction of sp³-hybridized carbons (Fsp3) is 0.500. The summed E-state index contributed by atoms with van der Waals surface area (Å²) in [5.41, 5.74) is 4.85. The molecule has 0 aromatic heterocycles. The van der Waals surface area contributed by atoms with Crippen LogP contribution in [-0.4, -0.2) is 43.6 Å². The molecule has 0 radical (unpaired) electrons. The molecule has 1 aliphatic heterocycles. The lowest BCUT2D eigenvalue weighted by Gasteiger charge is -2.27. The lowest BCUT2D eigenvalue weighted by Crippen LogP contribution is -2.43. The molecule has 0 amide bonds. The standard InChI is InChI=1S/C14H18F3N3O2/c15-14(16,17)11-2-1-10(9-20-5-3-19-4-6-20)12(7-11)22-13(21)8-18/h1-2,7,19H,3-6,8-9,18H2. The maximum Gasteiger partial charge on any atom is 0.416 e. The van der Waals surface area contributed by atoms with Gasteiger partial charge in [-0.3, -0.25) is 9.69 Å². The van der Waals surface area contributed by atoms with Gasteiger partial charge in [0.25, 0.3) is 0 Å². The summed E-state index contributed by atoms with van der Waals surface area (Å²) in [6.45, 7) is 3.24. The van der Waals surface area contributed by atoms with E-state index in [2.05, 4.69) is 10.2 Å². The molecule has 22 heavy (non-hydrogen) atoms. The molecule has 0 bridgehead atoms. The second-order valence-electron chi connectivity index (χ2n) is 5.02. The predicted octanol–water partition coefficient (Wildman–Crippen LogP) is 0.975. The summed E-state index contributed by atoms with van der Waals surface area (Å²) in [4.78, 5) is 13.4. The molecule has 0 aliphatic carbocycles. The van der Waals surface area contributed by atoms with Crippen molar-refractivity contribution >= 4 is 5.97 Å². The largest absolute Gasteiger partial charge is 0.425 e. The van der Waals surface area contributed by atoms with Crippen molar-refractivity contribution in [3.8, 4) is 5.75 Å². The Balaban J connectivity index is 2.24. The molecule has 0 spiro atoms. The molecule has 1 aliphatic rings. The summed E-state index contributed by atoms with van der Waals surface area (Å²) in [6.07, 6.45) is -4.49. The average Bonchev–Trinajstić information content (AvgIpc) is 2.49. The molecule has 8 heteroatoms. The quantitative estimate of drug-likeness (QED) is 0.640. The van der Waals surface area contributed by atoms with Gasteiger partial charge in [0.1, 0.15) is 5.75 Å². The number of carbonyl (C=O) groups excluding carboxylic acids is 1. The molecule has 122 valence electrons. The first-order valence-corrected chi connectivity index (χ1v) is 6.94. The van der Waals surface area contributed by atoms with E-state index in [9.17, 15) is 18.0 Å². The Morgan fingerprint density at radius 3 is 2.59 bits per heavy atom. The number of ether oxygens (including phenoxy) is 1. The van der Waals surface area contributed by atoms with Crippen molar-refractivity contribution in [2.45, 2.75) is 12.7 Å². The van der Waals surface area contributed by atoms with Gasteiger partial charge in [-0.2, -0.15) is 13.2 Å². The SMILES string of the molecule is NCC(=O)Oc1cc(C(F)(F)F)ccc1CN1CCNCC1. The summed E-state index contributed by atoms with van der Waals surface area (Å²) in [6, 6.07) is 3.20. The molecule has 1 aromatic rings. The number of benzene rings is 1. The number of alkyl halides is 3. The van der Waals surface area contributed by atoms with Crippen LogP contribution in [-0.2, 0) is 17.5 Å². The van der Waals surface area contributed by atoms with Crippen molar-refractivity contribution in [1.29, 1.82) is 0 Å². The van der Waals surface area contributed by atoms with Gasteiger partial charge in [0.15, 0.2) is 0 Å². The van der Waals surface area contributed by atoms with Gasteiger partial charge < -0.3 is 15.8 Å². The van der Waals surface area contributed by atoms with Gasteiger partial charge in [-0.25, -0.2) is 0 Å². The van der Waals surface area contributed by atoms with Crippen molar-refractivity contribution in [2.75, 3.05) is 32.7 Å². The number of nitrogens with zero attached hydrogens (tertiary/aromatic N) is 1. The smallest absolute Gasteiger partial charge is 0.416 e. The number of piperazine rings is 1. The van der Waals surface area contributed by atoms with Gasteiger partial charge in [0.2, 0.25) is 0 Å². The molecule has 1 fully saturated rings. The zero-order valence-corrected chi connectivity index (χ0v) is 11.9. The van der Waals surface area contributed by atoms with E-state index in [0.717, 1.165) is 38.3 Å². The number of hydrogen-bond donors (Lipinski definition) is 2. The highest BCUT2D eigenvalue weighted by molar-refractivity contribution is 5.74. The van der Waals surface area contributed by atoms with Crippen LogP contribution in [0.5, 0.6) is 5.75 Å². The zero-order chi connectivity index (χ0) is 16.2. The van der Waals surface area contributed by atoms with Gasteiger partial charge >= 0.3 is 12.1 Å². The second-order valence-corrected chi connectivity index (χ2v) is 5.02. The number of halogens is 3. The third-order valence-corrected chi connectivity index (χ3v) is 3.39. The number of nitrogens with two attached hydrogens (primary N) is 1. The van der Waals surface area contributed by atoms with E-state index in [1.165, 1.54) is 6.07 Å². The van der Waals surface area contributed by atoms with Gasteiger partial charge in [0, 0.05) is 38.3 Å². The van der Waals surface area contributed by atoms with Crippen LogP contribution in [0.4, 0.5) is 13.2 Å². The Bertz CT molecular complexity index is 529. The van der Waals surface area contributed by atoms with Gasteiger partial charge in [-0.1, -0.05) is 6.07 Å². The van der Waals surface area contributed by atoms with Crippen LogP contribution < -0.4 is 15.8 Å². The van der Waals surface area contributed by atoms with E-state index in [1.807, 2.05) is 0 Å². The Kier molecular flexibility index (Phi) is 5.38. The normalized spacial score (nSPS) is 16.5. The maximum atomic E-state index is 12.8. The molecule has 0 unspecified atom stereocenters. The van der Waals surface area contributed by atoms with E-state index < -0.39 is 17.7 Å². The Morgan fingerprint density at radius 1 is 1.32 bits per heavy atom. The van der Waals surface area contributed by atoms with Crippen LogP contribution in [0.2, 0.25) is 0 Å². The summed E-state index contributed by atoms with van der Waals surface area (Å²) in [7, 11) is 0. The van der Waals surface area contributed by atoms with E-state index in [1.54, 1.807) is 0 Å². The third-order valence-electron chi connectivity index (χ3n) is 3.39. The minimum absolute atomic E-state index is 0.0798. The highest BCUT2D eigenvalue weighted by atomic mass is 19.4. The molecular formula is C14H18F3N3O2. The highest BCUT2D eigenvalue weighted by Crippen LogP contribution is 2.33. The van der Waals surface area contributed by atoms with Crippen LogP contribution in [0.3, 0.4) is 0 Å². The molecule has 5 nitrogen and oxygen atoms in total. The summed E-state index contributed by atoms with van der Waals surface area (Å²) in [5, 5.41) is 3.19. The topological polar surface area (TPSA) is 67.6 Å². The molecule has 0 saturated carbocycles. The van der Waals surface area contributed by atoms with Crippen molar-refractivity contribution in [1.82, 2.24) is 10.2 Å². The van der Waals surface area contributed by atoms with Crippen molar-refractivity contribution in [3.05, 3.63) is 29.3 Å². The van der Waals surface area contributed by atoms with Crippen molar-refractivity contribution in [2.24, 2.45) is 5.73 Å². The highest BCUT2D eigenvalue weighted by Gasteiger charge is 2.31. The molecule has 3 N–H and O–H groups in total. The maximum absolute atomic E-state index is 12.8. The summed E-state index contributed by atoms with van der Waals surface area (Å²) >= 11 is 0. The predicted molar refractivity (Wildman–Crippen MR) is 74.3 cm³/mol. The first-order valence-electron chi connectivity index (χ1n) is 6.94. The minimum atomic E-state index is -4.49. The number of hydrogen-bond acceptors (Lipinski definition) is 5. The Hall–Kier alpha value is -1.64. The first-order chi connectivity index (χ1) is 10.4. The summed E-state index contributed by atoms with van der Waals surface area (Å²) < 4.78 is 43.3. The van der Waals surface area contributed by atoms with Crippen LogP contribution in [0, 0.1) is 0 Å². The fourth-order valence-corrected chi connectivity index (χ4v) is 2.23. The fourth-order valence-electron chi connectivity index (χ4n) is 2.23. The van der Waals surface area contributed by atoms with Crippen molar-refractivity contribution in [3.63, 3.8) is 0 Å². The van der Waals surface area contributed by atoms with Gasteiger partial charge in [0.05, 0.1) is 12.1 Å². The van der Waals surface area contributed by atoms with Crippen LogP contribution in [0.25, 0.3) is 0 Å². The lowest BCUT2D eigenvalue weighted by atomic mass is 10.1. The molecule has 1 aromatic carbocycles. The first kappa shape index (κ1) is 16.7. The van der Waals surface area contributed by atoms with Gasteiger partial charge in [-0.05, 0) is 12.1 Å². The Morgan fingerprint density at radius 2 is 2.00 bits per heavy atom. The van der Waals surface area contributed by atoms with Crippen molar-refractivity contribution < 1.29 is 22.7 Å². The molecule has 0 atom stereocenters.